The molecule has 2 aliphatic heterocycles. The van der Waals surface area contributed by atoms with Gasteiger partial charge in [0.15, 0.2) is 0 Å². The molecule has 1 amide bonds. The van der Waals surface area contributed by atoms with E-state index in [9.17, 15) is 13.2 Å². The maximum Gasteiger partial charge on any atom is 0.222 e. The predicted octanol–water partition coefficient (Wildman–Crippen LogP) is 1.25. The highest BCUT2D eigenvalue weighted by atomic mass is 32.2. The Balaban J connectivity index is 1.75. The number of hydrogen-bond donors (Lipinski definition) is 0. The molecule has 1 aromatic rings. The number of hydrogen-bond acceptors (Lipinski definition) is 4. The highest BCUT2D eigenvalue weighted by Gasteiger charge is 2.43. The second kappa shape index (κ2) is 6.20. The van der Waals surface area contributed by atoms with Crippen LogP contribution in [0.3, 0.4) is 0 Å². The third kappa shape index (κ3) is 3.72. The Bertz CT molecular complexity index is 677. The lowest BCUT2D eigenvalue weighted by atomic mass is 9.74. The quantitative estimate of drug-likeness (QED) is 0.832. The summed E-state index contributed by atoms with van der Waals surface area (Å²) < 4.78 is 25.3. The molecule has 6 nitrogen and oxygen atoms in total. The molecule has 126 valence electrons. The lowest BCUT2D eigenvalue weighted by Gasteiger charge is -2.47. The molecule has 3 heterocycles. The van der Waals surface area contributed by atoms with E-state index in [0.717, 1.165) is 25.0 Å². The molecule has 1 aromatic heterocycles. The van der Waals surface area contributed by atoms with E-state index in [-0.39, 0.29) is 11.3 Å². The van der Waals surface area contributed by atoms with Gasteiger partial charge in [-0.2, -0.15) is 0 Å². The standard InChI is InChI=1S/C16H23N3O3S/c1-23(21,22)19-10-4-7-16(13-19)8-6-15(20)18(12-16)11-14-5-2-3-9-17-14/h2-3,5,9H,4,6-8,10-13H2,1H3. The van der Waals surface area contributed by atoms with Crippen molar-refractivity contribution < 1.29 is 13.2 Å². The first kappa shape index (κ1) is 16.4. The van der Waals surface area contributed by atoms with Crippen LogP contribution in [0.25, 0.3) is 0 Å². The van der Waals surface area contributed by atoms with Gasteiger partial charge in [0, 0.05) is 37.7 Å². The summed E-state index contributed by atoms with van der Waals surface area (Å²) in [5.41, 5.74) is 0.762. The summed E-state index contributed by atoms with van der Waals surface area (Å²) in [7, 11) is -3.17. The fourth-order valence-corrected chi connectivity index (χ4v) is 4.68. The lowest BCUT2D eigenvalue weighted by molar-refractivity contribution is -0.139. The van der Waals surface area contributed by atoms with Crippen molar-refractivity contribution in [2.75, 3.05) is 25.9 Å². The maximum absolute atomic E-state index is 12.3. The van der Waals surface area contributed by atoms with E-state index in [4.69, 9.17) is 0 Å². The van der Waals surface area contributed by atoms with Gasteiger partial charge in [-0.05, 0) is 31.4 Å². The Morgan fingerprint density at radius 3 is 2.78 bits per heavy atom. The molecule has 0 saturated carbocycles. The van der Waals surface area contributed by atoms with E-state index in [1.807, 2.05) is 23.1 Å². The lowest BCUT2D eigenvalue weighted by Crippen LogP contribution is -2.54. The Labute approximate surface area is 137 Å². The first-order valence-electron chi connectivity index (χ1n) is 8.01. The van der Waals surface area contributed by atoms with Gasteiger partial charge in [0.1, 0.15) is 0 Å². The summed E-state index contributed by atoms with van der Waals surface area (Å²) in [5, 5.41) is 0. The highest BCUT2D eigenvalue weighted by molar-refractivity contribution is 7.88. The molecule has 0 aliphatic carbocycles. The van der Waals surface area contributed by atoms with E-state index in [1.165, 1.54) is 6.26 Å². The van der Waals surface area contributed by atoms with Crippen molar-refractivity contribution in [3.63, 3.8) is 0 Å². The molecular formula is C16H23N3O3S. The summed E-state index contributed by atoms with van der Waals surface area (Å²) in [6, 6.07) is 5.69. The first-order chi connectivity index (χ1) is 10.9. The van der Waals surface area contributed by atoms with Crippen LogP contribution < -0.4 is 0 Å². The Kier molecular flexibility index (Phi) is 4.42. The normalized spacial score (nSPS) is 26.7. The number of pyridine rings is 1. The van der Waals surface area contributed by atoms with Crippen LogP contribution in [0.5, 0.6) is 0 Å². The number of aromatic nitrogens is 1. The molecule has 1 atom stereocenters. The van der Waals surface area contributed by atoms with Crippen LogP contribution in [0, 0.1) is 5.41 Å². The molecule has 0 N–H and O–H groups in total. The number of sulfonamides is 1. The number of carbonyl (C=O) groups is 1. The molecule has 2 saturated heterocycles. The molecule has 3 rings (SSSR count). The fraction of sp³-hybridized carbons (Fsp3) is 0.625. The molecule has 2 fully saturated rings. The van der Waals surface area contributed by atoms with Gasteiger partial charge in [-0.25, -0.2) is 12.7 Å². The number of nitrogens with zero attached hydrogens (tertiary/aromatic N) is 3. The van der Waals surface area contributed by atoms with Gasteiger partial charge in [-0.1, -0.05) is 6.07 Å². The van der Waals surface area contributed by atoms with Gasteiger partial charge in [-0.15, -0.1) is 0 Å². The average Bonchev–Trinajstić information content (AvgIpc) is 2.52. The van der Waals surface area contributed by atoms with Crippen molar-refractivity contribution in [2.24, 2.45) is 5.41 Å². The summed E-state index contributed by atoms with van der Waals surface area (Å²) in [5.74, 6) is 0.137. The zero-order valence-corrected chi connectivity index (χ0v) is 14.3. The van der Waals surface area contributed by atoms with Crippen molar-refractivity contribution in [1.82, 2.24) is 14.2 Å². The van der Waals surface area contributed by atoms with Gasteiger partial charge >= 0.3 is 0 Å². The highest BCUT2D eigenvalue weighted by Crippen LogP contribution is 2.39. The molecule has 0 radical (unpaired) electrons. The molecule has 2 aliphatic rings. The predicted molar refractivity (Wildman–Crippen MR) is 87.0 cm³/mol. The molecule has 0 aromatic carbocycles. The van der Waals surface area contributed by atoms with E-state index in [1.54, 1.807) is 10.5 Å². The molecule has 7 heteroatoms. The molecule has 1 unspecified atom stereocenters. The average molecular weight is 337 g/mol. The summed E-state index contributed by atoms with van der Waals surface area (Å²) in [4.78, 5) is 18.4. The van der Waals surface area contributed by atoms with E-state index in [0.29, 0.717) is 32.6 Å². The summed E-state index contributed by atoms with van der Waals surface area (Å²) >= 11 is 0. The van der Waals surface area contributed by atoms with Crippen molar-refractivity contribution in [1.29, 1.82) is 0 Å². The van der Waals surface area contributed by atoms with Crippen LogP contribution in [0.4, 0.5) is 0 Å². The van der Waals surface area contributed by atoms with E-state index < -0.39 is 10.0 Å². The largest absolute Gasteiger partial charge is 0.336 e. The smallest absolute Gasteiger partial charge is 0.222 e. The Morgan fingerprint density at radius 1 is 1.26 bits per heavy atom. The number of piperidine rings is 2. The van der Waals surface area contributed by atoms with Gasteiger partial charge in [-0.3, -0.25) is 9.78 Å². The van der Waals surface area contributed by atoms with Crippen LogP contribution in [-0.4, -0.2) is 54.4 Å². The van der Waals surface area contributed by atoms with E-state index in [2.05, 4.69) is 4.98 Å². The number of rotatable bonds is 3. The molecule has 1 spiro atoms. The SMILES string of the molecule is CS(=O)(=O)N1CCCC2(CCC(=O)N(Cc3ccccn3)C2)C1. The van der Waals surface area contributed by atoms with Crippen molar-refractivity contribution in [3.8, 4) is 0 Å². The van der Waals surface area contributed by atoms with Gasteiger partial charge < -0.3 is 4.90 Å². The topological polar surface area (TPSA) is 70.6 Å². The second-order valence-electron chi connectivity index (χ2n) is 6.77. The van der Waals surface area contributed by atoms with Crippen LogP contribution in [0.1, 0.15) is 31.4 Å². The van der Waals surface area contributed by atoms with Crippen LogP contribution in [0.2, 0.25) is 0 Å². The third-order valence-corrected chi connectivity index (χ3v) is 6.17. The zero-order valence-electron chi connectivity index (χ0n) is 13.4. The van der Waals surface area contributed by atoms with Crippen LogP contribution in [0.15, 0.2) is 24.4 Å². The summed E-state index contributed by atoms with van der Waals surface area (Å²) in [6.07, 6.45) is 6.10. The number of likely N-dealkylation sites (tertiary alicyclic amines) is 1. The zero-order chi connectivity index (χ0) is 16.5. The van der Waals surface area contributed by atoms with Crippen molar-refractivity contribution >= 4 is 15.9 Å². The summed E-state index contributed by atoms with van der Waals surface area (Å²) in [6.45, 7) is 2.24. The van der Waals surface area contributed by atoms with Crippen molar-refractivity contribution in [3.05, 3.63) is 30.1 Å². The molecular weight excluding hydrogens is 314 g/mol. The van der Waals surface area contributed by atoms with Gasteiger partial charge in [0.05, 0.1) is 18.5 Å². The molecule has 23 heavy (non-hydrogen) atoms. The minimum absolute atomic E-state index is 0.107. The van der Waals surface area contributed by atoms with Crippen LogP contribution >= 0.6 is 0 Å². The van der Waals surface area contributed by atoms with Gasteiger partial charge in [0.25, 0.3) is 0 Å². The Morgan fingerprint density at radius 2 is 2.09 bits per heavy atom. The number of carbonyl (C=O) groups excluding carboxylic acids is 1. The second-order valence-corrected chi connectivity index (χ2v) is 8.75. The third-order valence-electron chi connectivity index (χ3n) is 4.92. The van der Waals surface area contributed by atoms with Gasteiger partial charge in [0.2, 0.25) is 15.9 Å². The van der Waals surface area contributed by atoms with E-state index >= 15 is 0 Å². The monoisotopic (exact) mass is 337 g/mol. The maximum atomic E-state index is 12.3. The minimum Gasteiger partial charge on any atom is -0.336 e. The minimum atomic E-state index is -3.17. The Hall–Kier alpha value is -1.47. The molecule has 0 bridgehead atoms. The van der Waals surface area contributed by atoms with Crippen LogP contribution in [-0.2, 0) is 21.4 Å². The number of amides is 1. The first-order valence-corrected chi connectivity index (χ1v) is 9.86. The van der Waals surface area contributed by atoms with Crippen molar-refractivity contribution in [2.45, 2.75) is 32.2 Å². The fourth-order valence-electron chi connectivity index (χ4n) is 3.71.